The van der Waals surface area contributed by atoms with Crippen molar-refractivity contribution in [2.45, 2.75) is 19.5 Å². The van der Waals surface area contributed by atoms with Gasteiger partial charge in [0.15, 0.2) is 0 Å². The molecule has 2 aromatic rings. The second-order valence-electron chi connectivity index (χ2n) is 4.25. The predicted molar refractivity (Wildman–Crippen MR) is 66.5 cm³/mol. The van der Waals surface area contributed by atoms with E-state index in [0.717, 1.165) is 11.8 Å². The van der Waals surface area contributed by atoms with Gasteiger partial charge in [0, 0.05) is 37.5 Å². The summed E-state index contributed by atoms with van der Waals surface area (Å²) in [5.74, 6) is -0.463. The molecular formula is C13H16FN3O. The summed E-state index contributed by atoms with van der Waals surface area (Å²) in [5, 5.41) is 17.0. The molecule has 0 bridgehead atoms. The number of aromatic nitrogens is 2. The van der Waals surface area contributed by atoms with Crippen molar-refractivity contribution in [3.8, 4) is 5.75 Å². The van der Waals surface area contributed by atoms with Gasteiger partial charge in [0.1, 0.15) is 11.6 Å². The molecule has 2 N–H and O–H groups in total. The molecule has 0 aliphatic heterocycles. The second kappa shape index (κ2) is 5.18. The quantitative estimate of drug-likeness (QED) is 0.872. The van der Waals surface area contributed by atoms with Crippen molar-refractivity contribution in [3.05, 3.63) is 47.5 Å². The smallest absolute Gasteiger partial charge is 0.126 e. The van der Waals surface area contributed by atoms with Crippen molar-refractivity contribution in [1.29, 1.82) is 0 Å². The summed E-state index contributed by atoms with van der Waals surface area (Å²) in [4.78, 5) is 0. The molecule has 18 heavy (non-hydrogen) atoms. The van der Waals surface area contributed by atoms with Crippen molar-refractivity contribution in [2.24, 2.45) is 7.05 Å². The van der Waals surface area contributed by atoms with Crippen LogP contribution >= 0.6 is 0 Å². The summed E-state index contributed by atoms with van der Waals surface area (Å²) in [6, 6.07) is 5.91. The number of nitrogens with one attached hydrogen (secondary N) is 1. The molecule has 0 saturated carbocycles. The van der Waals surface area contributed by atoms with Gasteiger partial charge in [0.2, 0.25) is 0 Å². The first-order valence-electron chi connectivity index (χ1n) is 5.76. The van der Waals surface area contributed by atoms with Crippen molar-refractivity contribution in [2.75, 3.05) is 0 Å². The van der Waals surface area contributed by atoms with Crippen LogP contribution in [-0.4, -0.2) is 14.9 Å². The van der Waals surface area contributed by atoms with E-state index in [9.17, 15) is 9.50 Å². The first-order chi connectivity index (χ1) is 8.58. The van der Waals surface area contributed by atoms with Crippen molar-refractivity contribution >= 4 is 0 Å². The SMILES string of the molecule is CC(NCc1ccnn1C)c1ccc(F)cc1O. The van der Waals surface area contributed by atoms with E-state index in [-0.39, 0.29) is 11.8 Å². The van der Waals surface area contributed by atoms with Crippen molar-refractivity contribution in [1.82, 2.24) is 15.1 Å². The molecule has 0 radical (unpaired) electrons. The minimum atomic E-state index is -0.435. The summed E-state index contributed by atoms with van der Waals surface area (Å²) >= 11 is 0. The normalized spacial score (nSPS) is 12.6. The molecule has 1 aromatic carbocycles. The van der Waals surface area contributed by atoms with E-state index >= 15 is 0 Å². The molecule has 0 spiro atoms. The maximum absolute atomic E-state index is 12.9. The van der Waals surface area contributed by atoms with Crippen LogP contribution in [0.25, 0.3) is 0 Å². The van der Waals surface area contributed by atoms with Gasteiger partial charge >= 0.3 is 0 Å². The molecule has 1 aromatic heterocycles. The Balaban J connectivity index is 2.03. The van der Waals surface area contributed by atoms with Crippen LogP contribution in [-0.2, 0) is 13.6 Å². The molecule has 0 aliphatic carbocycles. The number of phenolic OH excluding ortho intramolecular Hbond substituents is 1. The number of phenols is 1. The molecular weight excluding hydrogens is 233 g/mol. The largest absolute Gasteiger partial charge is 0.508 e. The number of hydrogen-bond acceptors (Lipinski definition) is 3. The highest BCUT2D eigenvalue weighted by molar-refractivity contribution is 5.34. The molecule has 0 aliphatic rings. The summed E-state index contributed by atoms with van der Waals surface area (Å²) in [7, 11) is 1.87. The zero-order valence-electron chi connectivity index (χ0n) is 10.4. The van der Waals surface area contributed by atoms with Gasteiger partial charge in [0.05, 0.1) is 5.69 Å². The van der Waals surface area contributed by atoms with E-state index in [4.69, 9.17) is 0 Å². The second-order valence-corrected chi connectivity index (χ2v) is 4.25. The van der Waals surface area contributed by atoms with Gasteiger partial charge in [-0.3, -0.25) is 4.68 Å². The van der Waals surface area contributed by atoms with Crippen LogP contribution in [0.1, 0.15) is 24.2 Å². The third-order valence-corrected chi connectivity index (χ3v) is 2.97. The maximum atomic E-state index is 12.9. The Kier molecular flexibility index (Phi) is 3.62. The maximum Gasteiger partial charge on any atom is 0.126 e. The molecule has 5 heteroatoms. The Morgan fingerprint density at radius 2 is 2.22 bits per heavy atom. The van der Waals surface area contributed by atoms with E-state index in [0.29, 0.717) is 12.1 Å². The average molecular weight is 249 g/mol. The highest BCUT2D eigenvalue weighted by Crippen LogP contribution is 2.24. The number of rotatable bonds is 4. The first kappa shape index (κ1) is 12.6. The number of halogens is 1. The highest BCUT2D eigenvalue weighted by Gasteiger charge is 2.11. The predicted octanol–water partition coefficient (Wildman–Crippen LogP) is 2.12. The van der Waals surface area contributed by atoms with Gasteiger partial charge in [-0.1, -0.05) is 6.07 Å². The van der Waals surface area contributed by atoms with E-state index < -0.39 is 5.82 Å². The fourth-order valence-corrected chi connectivity index (χ4v) is 1.83. The lowest BCUT2D eigenvalue weighted by atomic mass is 10.1. The van der Waals surface area contributed by atoms with E-state index in [2.05, 4.69) is 10.4 Å². The summed E-state index contributed by atoms with van der Waals surface area (Å²) in [5.41, 5.74) is 1.72. The Morgan fingerprint density at radius 3 is 2.83 bits per heavy atom. The zero-order valence-corrected chi connectivity index (χ0v) is 10.4. The van der Waals surface area contributed by atoms with Crippen molar-refractivity contribution < 1.29 is 9.50 Å². The molecule has 0 fully saturated rings. The van der Waals surface area contributed by atoms with E-state index in [1.807, 2.05) is 20.0 Å². The van der Waals surface area contributed by atoms with Crippen molar-refractivity contribution in [3.63, 3.8) is 0 Å². The Hall–Kier alpha value is -1.88. The van der Waals surface area contributed by atoms with Crippen LogP contribution in [0.2, 0.25) is 0 Å². The van der Waals surface area contributed by atoms with E-state index in [1.54, 1.807) is 16.9 Å². The molecule has 1 atom stereocenters. The minimum Gasteiger partial charge on any atom is -0.508 e. The molecule has 96 valence electrons. The lowest BCUT2D eigenvalue weighted by Crippen LogP contribution is -2.19. The molecule has 1 unspecified atom stereocenters. The lowest BCUT2D eigenvalue weighted by Gasteiger charge is -2.15. The topological polar surface area (TPSA) is 50.1 Å². The highest BCUT2D eigenvalue weighted by atomic mass is 19.1. The number of hydrogen-bond donors (Lipinski definition) is 2. The van der Waals surface area contributed by atoms with Gasteiger partial charge < -0.3 is 10.4 Å². The van der Waals surface area contributed by atoms with Gasteiger partial charge in [-0.25, -0.2) is 4.39 Å². The zero-order chi connectivity index (χ0) is 13.1. The standard InChI is InChI=1S/C13H16FN3O/c1-9(12-4-3-10(14)7-13(12)18)15-8-11-5-6-16-17(11)2/h3-7,9,15,18H,8H2,1-2H3. The van der Waals surface area contributed by atoms with Crippen LogP contribution in [0.5, 0.6) is 5.75 Å². The monoisotopic (exact) mass is 249 g/mol. The van der Waals surface area contributed by atoms with Gasteiger partial charge in [0.25, 0.3) is 0 Å². The van der Waals surface area contributed by atoms with Crippen LogP contribution in [0, 0.1) is 5.82 Å². The average Bonchev–Trinajstić information content (AvgIpc) is 2.72. The summed E-state index contributed by atoms with van der Waals surface area (Å²) in [6.45, 7) is 2.55. The summed E-state index contributed by atoms with van der Waals surface area (Å²) < 4.78 is 14.7. The first-order valence-corrected chi connectivity index (χ1v) is 5.76. The molecule has 0 saturated heterocycles. The molecule has 0 amide bonds. The van der Waals surface area contributed by atoms with Crippen LogP contribution in [0.4, 0.5) is 4.39 Å². The number of benzene rings is 1. The molecule has 2 rings (SSSR count). The number of aryl methyl sites for hydroxylation is 1. The minimum absolute atomic E-state index is 0.0278. The van der Waals surface area contributed by atoms with Gasteiger partial charge in [-0.05, 0) is 19.1 Å². The third-order valence-electron chi connectivity index (χ3n) is 2.97. The van der Waals surface area contributed by atoms with Crippen LogP contribution in [0.3, 0.4) is 0 Å². The van der Waals surface area contributed by atoms with Crippen LogP contribution in [0.15, 0.2) is 30.5 Å². The van der Waals surface area contributed by atoms with Gasteiger partial charge in [-0.15, -0.1) is 0 Å². The Labute approximate surface area is 105 Å². The summed E-state index contributed by atoms with van der Waals surface area (Å²) in [6.07, 6.45) is 1.73. The Morgan fingerprint density at radius 1 is 1.44 bits per heavy atom. The fourth-order valence-electron chi connectivity index (χ4n) is 1.83. The molecule has 1 heterocycles. The molecule has 4 nitrogen and oxygen atoms in total. The number of nitrogens with zero attached hydrogens (tertiary/aromatic N) is 2. The van der Waals surface area contributed by atoms with E-state index in [1.165, 1.54) is 6.07 Å². The lowest BCUT2D eigenvalue weighted by molar-refractivity contribution is 0.445. The Bertz CT molecular complexity index is 539. The van der Waals surface area contributed by atoms with Crippen LogP contribution < -0.4 is 5.32 Å². The number of aromatic hydroxyl groups is 1. The van der Waals surface area contributed by atoms with Gasteiger partial charge in [-0.2, -0.15) is 5.10 Å². The fraction of sp³-hybridized carbons (Fsp3) is 0.308. The third kappa shape index (κ3) is 2.68.